The average molecular weight is 462 g/mol. The predicted octanol–water partition coefficient (Wildman–Crippen LogP) is 3.28. The molecule has 3 aromatic heterocycles. The summed E-state index contributed by atoms with van der Waals surface area (Å²) in [6.07, 6.45) is 1.76. The first-order chi connectivity index (χ1) is 16.1. The minimum absolute atomic E-state index is 0.138. The number of pyridine rings is 1. The van der Waals surface area contributed by atoms with Crippen molar-refractivity contribution in [3.05, 3.63) is 53.5 Å². The molecule has 168 valence electrons. The number of amides is 1. The normalized spacial score (nSPS) is 13.8. The fourth-order valence-corrected chi connectivity index (χ4v) is 4.66. The number of hydrogen-bond donors (Lipinski definition) is 3. The molecule has 0 aliphatic carbocycles. The van der Waals surface area contributed by atoms with Crippen LogP contribution in [0.15, 0.2) is 48.0 Å². The highest BCUT2D eigenvalue weighted by Crippen LogP contribution is 2.36. The van der Waals surface area contributed by atoms with E-state index in [4.69, 9.17) is 15.5 Å². The molecule has 0 bridgehead atoms. The van der Waals surface area contributed by atoms with Crippen LogP contribution in [0.4, 0.5) is 23.3 Å². The number of benzene rings is 1. The summed E-state index contributed by atoms with van der Waals surface area (Å²) in [6, 6.07) is 11.3. The number of carbonyl (C=O) groups is 1. The van der Waals surface area contributed by atoms with Gasteiger partial charge in [0.05, 0.1) is 35.3 Å². The van der Waals surface area contributed by atoms with E-state index in [1.807, 2.05) is 35.7 Å². The maximum absolute atomic E-state index is 12.1. The van der Waals surface area contributed by atoms with E-state index in [2.05, 4.69) is 25.5 Å². The van der Waals surface area contributed by atoms with Crippen LogP contribution in [0, 0.1) is 0 Å². The number of carbonyl (C=O) groups excluding carboxylic acids is 1. The van der Waals surface area contributed by atoms with Crippen molar-refractivity contribution in [3.63, 3.8) is 0 Å². The summed E-state index contributed by atoms with van der Waals surface area (Å²) in [7, 11) is 1.61. The quantitative estimate of drug-likeness (QED) is 0.414. The molecular formula is C23H23N7O2S. The minimum Gasteiger partial charge on any atom is -0.382 e. The van der Waals surface area contributed by atoms with Crippen LogP contribution in [0.5, 0.6) is 0 Å². The number of hydrogen-bond acceptors (Lipinski definition) is 9. The molecule has 10 heteroatoms. The molecule has 1 aliphatic rings. The van der Waals surface area contributed by atoms with Crippen molar-refractivity contribution < 1.29 is 9.53 Å². The summed E-state index contributed by atoms with van der Waals surface area (Å²) in [6.45, 7) is 3.09. The average Bonchev–Trinajstić information content (AvgIpc) is 3.29. The van der Waals surface area contributed by atoms with Gasteiger partial charge in [-0.2, -0.15) is 4.98 Å². The van der Waals surface area contributed by atoms with Crippen molar-refractivity contribution >= 4 is 50.7 Å². The van der Waals surface area contributed by atoms with Gasteiger partial charge in [0.2, 0.25) is 5.95 Å². The van der Waals surface area contributed by atoms with E-state index in [9.17, 15) is 4.79 Å². The lowest BCUT2D eigenvalue weighted by Crippen LogP contribution is -2.36. The van der Waals surface area contributed by atoms with Gasteiger partial charge in [-0.25, -0.2) is 9.97 Å². The molecule has 5 rings (SSSR count). The van der Waals surface area contributed by atoms with Gasteiger partial charge in [0.15, 0.2) is 0 Å². The minimum atomic E-state index is -0.138. The molecule has 4 N–H and O–H groups in total. The van der Waals surface area contributed by atoms with Crippen LogP contribution >= 0.6 is 11.3 Å². The second kappa shape index (κ2) is 9.00. The first kappa shape index (κ1) is 21.1. The van der Waals surface area contributed by atoms with Crippen LogP contribution in [-0.4, -0.2) is 54.2 Å². The van der Waals surface area contributed by atoms with Gasteiger partial charge in [0.25, 0.3) is 5.91 Å². The number of ether oxygens (including phenoxy) is 1. The second-order valence-electron chi connectivity index (χ2n) is 7.55. The summed E-state index contributed by atoms with van der Waals surface area (Å²) < 4.78 is 6.21. The Bertz CT molecular complexity index is 1300. The Hall–Kier alpha value is -3.76. The van der Waals surface area contributed by atoms with Crippen LogP contribution in [0.3, 0.4) is 0 Å². The van der Waals surface area contributed by atoms with Crippen molar-refractivity contribution in [2.75, 3.05) is 49.3 Å². The predicted molar refractivity (Wildman–Crippen MR) is 131 cm³/mol. The monoisotopic (exact) mass is 461 g/mol. The highest BCUT2D eigenvalue weighted by Gasteiger charge is 2.16. The topological polar surface area (TPSA) is 118 Å². The number of fused-ring (bicyclic) bond motifs is 1. The number of rotatable bonds is 5. The lowest BCUT2D eigenvalue weighted by atomic mass is 10.0. The molecule has 33 heavy (non-hydrogen) atoms. The van der Waals surface area contributed by atoms with Gasteiger partial charge in [0.1, 0.15) is 11.6 Å². The van der Waals surface area contributed by atoms with Crippen molar-refractivity contribution in [2.24, 2.45) is 0 Å². The Kier molecular flexibility index (Phi) is 5.76. The third-order valence-corrected chi connectivity index (χ3v) is 6.44. The molecule has 0 spiro atoms. The number of nitrogen functional groups attached to an aromatic ring is 1. The van der Waals surface area contributed by atoms with Gasteiger partial charge in [-0.3, -0.25) is 4.79 Å². The highest BCUT2D eigenvalue weighted by atomic mass is 32.1. The van der Waals surface area contributed by atoms with Crippen molar-refractivity contribution in [1.82, 2.24) is 20.3 Å². The largest absolute Gasteiger partial charge is 0.382 e. The number of nitrogens with zero attached hydrogens (tertiary/aromatic N) is 4. The standard InChI is InChI=1S/C23H23N7O2S/c1-25-22(31)15-4-2-3-14(11-15)17-13-33-20-19(17)28-23(29-21(20)24)27-16-5-6-18(26-12-16)30-7-9-32-10-8-30/h2-6,11-13H,7-10H2,1H3,(H,25,31)(H3,24,27,28,29). The third kappa shape index (κ3) is 4.30. The number of aromatic nitrogens is 3. The Morgan fingerprint density at radius 3 is 2.79 bits per heavy atom. The summed E-state index contributed by atoms with van der Waals surface area (Å²) in [5, 5.41) is 7.85. The number of morpholine rings is 1. The van der Waals surface area contributed by atoms with Crippen LogP contribution in [0.2, 0.25) is 0 Å². The van der Waals surface area contributed by atoms with Gasteiger partial charge in [-0.1, -0.05) is 12.1 Å². The Balaban J connectivity index is 1.44. The molecule has 4 heterocycles. The third-order valence-electron chi connectivity index (χ3n) is 5.44. The van der Waals surface area contributed by atoms with Gasteiger partial charge in [0, 0.05) is 36.6 Å². The Labute approximate surface area is 194 Å². The highest BCUT2D eigenvalue weighted by molar-refractivity contribution is 7.18. The zero-order valence-corrected chi connectivity index (χ0v) is 18.9. The molecule has 1 aliphatic heterocycles. The number of nitrogens with one attached hydrogen (secondary N) is 2. The number of nitrogens with two attached hydrogens (primary N) is 1. The molecule has 4 aromatic rings. The fraction of sp³-hybridized carbons (Fsp3) is 0.217. The van der Waals surface area contributed by atoms with E-state index < -0.39 is 0 Å². The summed E-state index contributed by atoms with van der Waals surface area (Å²) in [5.41, 5.74) is 10.1. The summed E-state index contributed by atoms with van der Waals surface area (Å²) in [5.74, 6) is 1.57. The van der Waals surface area contributed by atoms with E-state index in [-0.39, 0.29) is 5.91 Å². The molecule has 1 saturated heterocycles. The van der Waals surface area contributed by atoms with E-state index >= 15 is 0 Å². The maximum atomic E-state index is 12.1. The number of thiophene rings is 1. The zero-order chi connectivity index (χ0) is 22.8. The lowest BCUT2D eigenvalue weighted by molar-refractivity contribution is 0.0963. The number of anilines is 4. The smallest absolute Gasteiger partial charge is 0.251 e. The lowest BCUT2D eigenvalue weighted by Gasteiger charge is -2.27. The van der Waals surface area contributed by atoms with Crippen molar-refractivity contribution in [2.45, 2.75) is 0 Å². The van der Waals surface area contributed by atoms with E-state index in [0.717, 1.165) is 45.9 Å². The zero-order valence-electron chi connectivity index (χ0n) is 18.0. The van der Waals surface area contributed by atoms with Gasteiger partial charge in [-0.05, 0) is 29.8 Å². The van der Waals surface area contributed by atoms with E-state index in [1.54, 1.807) is 19.3 Å². The van der Waals surface area contributed by atoms with Gasteiger partial charge in [-0.15, -0.1) is 11.3 Å². The molecular weight excluding hydrogens is 438 g/mol. The van der Waals surface area contributed by atoms with Crippen molar-refractivity contribution in [3.8, 4) is 11.1 Å². The molecule has 0 radical (unpaired) electrons. The fourth-order valence-electron chi connectivity index (χ4n) is 3.74. The second-order valence-corrected chi connectivity index (χ2v) is 8.43. The van der Waals surface area contributed by atoms with E-state index in [1.165, 1.54) is 11.3 Å². The molecule has 0 saturated carbocycles. The Morgan fingerprint density at radius 2 is 2.03 bits per heavy atom. The molecule has 9 nitrogen and oxygen atoms in total. The van der Waals surface area contributed by atoms with Gasteiger partial charge < -0.3 is 26.0 Å². The van der Waals surface area contributed by atoms with Gasteiger partial charge >= 0.3 is 0 Å². The molecule has 0 atom stereocenters. The first-order valence-corrected chi connectivity index (χ1v) is 11.4. The van der Waals surface area contributed by atoms with Crippen LogP contribution < -0.4 is 21.3 Å². The molecule has 1 aromatic carbocycles. The summed E-state index contributed by atoms with van der Waals surface area (Å²) in [4.78, 5) is 28.0. The molecule has 1 fully saturated rings. The molecule has 1 amide bonds. The molecule has 0 unspecified atom stereocenters. The Morgan fingerprint density at radius 1 is 1.18 bits per heavy atom. The first-order valence-electron chi connectivity index (χ1n) is 10.6. The summed E-state index contributed by atoms with van der Waals surface area (Å²) >= 11 is 1.48. The van der Waals surface area contributed by atoms with E-state index in [0.29, 0.717) is 30.5 Å². The van der Waals surface area contributed by atoms with Crippen molar-refractivity contribution in [1.29, 1.82) is 0 Å². The van der Waals surface area contributed by atoms with Crippen LogP contribution in [-0.2, 0) is 4.74 Å². The maximum Gasteiger partial charge on any atom is 0.251 e. The van der Waals surface area contributed by atoms with Crippen LogP contribution in [0.1, 0.15) is 10.4 Å². The van der Waals surface area contributed by atoms with Crippen LogP contribution in [0.25, 0.3) is 21.3 Å². The SMILES string of the molecule is CNC(=O)c1cccc(-c2csc3c(N)nc(Nc4ccc(N5CCOCC5)nc4)nc23)c1.